The van der Waals surface area contributed by atoms with E-state index in [1.807, 2.05) is 6.92 Å². The largest absolute Gasteiger partial charge is 0.417 e. The molecule has 0 amide bonds. The normalized spacial score (nSPS) is 18.9. The van der Waals surface area contributed by atoms with E-state index in [4.69, 9.17) is 16.3 Å². The van der Waals surface area contributed by atoms with Crippen LogP contribution in [0.15, 0.2) is 12.3 Å². The van der Waals surface area contributed by atoms with Crippen LogP contribution in [0.25, 0.3) is 0 Å². The van der Waals surface area contributed by atoms with E-state index in [1.54, 1.807) is 0 Å². The second-order valence-corrected chi connectivity index (χ2v) is 5.34. The average molecular weight is 309 g/mol. The first-order chi connectivity index (χ1) is 9.38. The number of rotatable bonds is 3. The smallest absolute Gasteiger partial charge is 0.381 e. The van der Waals surface area contributed by atoms with Crippen LogP contribution in [-0.4, -0.2) is 24.2 Å². The number of anilines is 1. The fourth-order valence-electron chi connectivity index (χ4n) is 2.25. The van der Waals surface area contributed by atoms with Crippen LogP contribution in [-0.2, 0) is 10.9 Å². The van der Waals surface area contributed by atoms with Crippen LogP contribution in [0, 0.1) is 5.92 Å². The summed E-state index contributed by atoms with van der Waals surface area (Å²) in [4.78, 5) is 3.79. The van der Waals surface area contributed by atoms with Crippen LogP contribution in [0.3, 0.4) is 0 Å². The lowest BCUT2D eigenvalue weighted by Gasteiger charge is -2.29. The molecule has 1 atom stereocenters. The van der Waals surface area contributed by atoms with Crippen molar-refractivity contribution in [1.82, 2.24) is 4.98 Å². The second kappa shape index (κ2) is 6.18. The molecule has 2 heterocycles. The van der Waals surface area contributed by atoms with Gasteiger partial charge in [0.1, 0.15) is 5.82 Å². The molecule has 1 fully saturated rings. The SMILES string of the molecule is CC(Nc1ncc(C(F)(F)F)cc1Cl)C1CCOCC1. The Balaban J connectivity index is 2.05. The average Bonchev–Trinajstić information content (AvgIpc) is 2.41. The third-order valence-electron chi connectivity index (χ3n) is 3.51. The predicted octanol–water partition coefficient (Wildman–Crippen LogP) is 3.98. The van der Waals surface area contributed by atoms with Crippen molar-refractivity contribution in [2.45, 2.75) is 32.0 Å². The Hall–Kier alpha value is -1.01. The zero-order valence-corrected chi connectivity index (χ0v) is 11.8. The van der Waals surface area contributed by atoms with Crippen molar-refractivity contribution < 1.29 is 17.9 Å². The van der Waals surface area contributed by atoms with Gasteiger partial charge in [-0.15, -0.1) is 0 Å². The Morgan fingerprint density at radius 2 is 2.05 bits per heavy atom. The van der Waals surface area contributed by atoms with E-state index in [0.29, 0.717) is 24.9 Å². The third-order valence-corrected chi connectivity index (χ3v) is 3.79. The molecule has 1 N–H and O–H groups in total. The molecule has 0 saturated carbocycles. The Morgan fingerprint density at radius 1 is 1.40 bits per heavy atom. The monoisotopic (exact) mass is 308 g/mol. The van der Waals surface area contributed by atoms with Crippen molar-refractivity contribution in [2.24, 2.45) is 5.92 Å². The van der Waals surface area contributed by atoms with Crippen LogP contribution >= 0.6 is 11.6 Å². The molecule has 20 heavy (non-hydrogen) atoms. The Labute approximate surface area is 120 Å². The van der Waals surface area contributed by atoms with Gasteiger partial charge in [-0.25, -0.2) is 4.98 Å². The summed E-state index contributed by atoms with van der Waals surface area (Å²) >= 11 is 5.87. The molecular weight excluding hydrogens is 293 g/mol. The number of halogens is 4. The number of hydrogen-bond donors (Lipinski definition) is 1. The molecule has 7 heteroatoms. The summed E-state index contributed by atoms with van der Waals surface area (Å²) in [6, 6.07) is 0.980. The van der Waals surface area contributed by atoms with Gasteiger partial charge < -0.3 is 10.1 Å². The van der Waals surface area contributed by atoms with Gasteiger partial charge in [0.2, 0.25) is 0 Å². The summed E-state index contributed by atoms with van der Waals surface area (Å²) in [6.07, 6.45) is -1.79. The quantitative estimate of drug-likeness (QED) is 0.917. The van der Waals surface area contributed by atoms with Crippen LogP contribution in [0.1, 0.15) is 25.3 Å². The molecule has 0 aliphatic carbocycles. The van der Waals surface area contributed by atoms with Crippen molar-refractivity contribution in [3.8, 4) is 0 Å². The van der Waals surface area contributed by atoms with Gasteiger partial charge in [-0.3, -0.25) is 0 Å². The molecular formula is C13H16ClF3N2O. The van der Waals surface area contributed by atoms with E-state index >= 15 is 0 Å². The summed E-state index contributed by atoms with van der Waals surface area (Å²) in [5.41, 5.74) is -0.841. The Kier molecular flexibility index (Phi) is 4.75. The van der Waals surface area contributed by atoms with Crippen molar-refractivity contribution in [2.75, 3.05) is 18.5 Å². The van der Waals surface area contributed by atoms with Gasteiger partial charge in [-0.05, 0) is 31.7 Å². The lowest BCUT2D eigenvalue weighted by molar-refractivity contribution is -0.137. The summed E-state index contributed by atoms with van der Waals surface area (Å²) in [7, 11) is 0. The first kappa shape index (κ1) is 15.4. The summed E-state index contributed by atoms with van der Waals surface area (Å²) in [6.45, 7) is 3.40. The molecule has 1 aromatic rings. The molecule has 0 aromatic carbocycles. The first-order valence-electron chi connectivity index (χ1n) is 6.45. The lowest BCUT2D eigenvalue weighted by Crippen LogP contribution is -2.31. The van der Waals surface area contributed by atoms with Crippen molar-refractivity contribution in [3.05, 3.63) is 22.8 Å². The lowest BCUT2D eigenvalue weighted by atomic mass is 9.93. The van der Waals surface area contributed by atoms with E-state index in [9.17, 15) is 13.2 Å². The van der Waals surface area contributed by atoms with Gasteiger partial charge in [0.25, 0.3) is 0 Å². The van der Waals surface area contributed by atoms with E-state index in [2.05, 4.69) is 10.3 Å². The topological polar surface area (TPSA) is 34.2 Å². The Morgan fingerprint density at radius 3 is 2.60 bits per heavy atom. The summed E-state index contributed by atoms with van der Waals surface area (Å²) in [5, 5.41) is 3.08. The highest BCUT2D eigenvalue weighted by Gasteiger charge is 2.32. The van der Waals surface area contributed by atoms with E-state index in [0.717, 1.165) is 25.1 Å². The van der Waals surface area contributed by atoms with E-state index in [1.165, 1.54) is 0 Å². The number of alkyl halides is 3. The standard InChI is InChI=1S/C13H16ClF3N2O/c1-8(9-2-4-20-5-3-9)19-12-11(14)6-10(7-18-12)13(15,16)17/h6-9H,2-5H2,1H3,(H,18,19). The minimum Gasteiger partial charge on any atom is -0.381 e. The van der Waals surface area contributed by atoms with Gasteiger partial charge in [0, 0.05) is 25.5 Å². The van der Waals surface area contributed by atoms with Crippen molar-refractivity contribution in [3.63, 3.8) is 0 Å². The fraction of sp³-hybridized carbons (Fsp3) is 0.615. The van der Waals surface area contributed by atoms with Crippen LogP contribution in [0.5, 0.6) is 0 Å². The molecule has 1 aliphatic rings. The zero-order chi connectivity index (χ0) is 14.8. The highest BCUT2D eigenvalue weighted by molar-refractivity contribution is 6.33. The highest BCUT2D eigenvalue weighted by atomic mass is 35.5. The molecule has 3 nitrogen and oxygen atoms in total. The van der Waals surface area contributed by atoms with Gasteiger partial charge in [-0.1, -0.05) is 11.6 Å². The van der Waals surface area contributed by atoms with Crippen LogP contribution < -0.4 is 5.32 Å². The molecule has 0 radical (unpaired) electrons. The van der Waals surface area contributed by atoms with Crippen molar-refractivity contribution >= 4 is 17.4 Å². The van der Waals surface area contributed by atoms with Crippen molar-refractivity contribution in [1.29, 1.82) is 0 Å². The molecule has 1 saturated heterocycles. The number of nitrogens with zero attached hydrogens (tertiary/aromatic N) is 1. The summed E-state index contributed by atoms with van der Waals surface area (Å²) in [5.74, 6) is 0.697. The minimum atomic E-state index is -4.43. The fourth-order valence-corrected chi connectivity index (χ4v) is 2.47. The first-order valence-corrected chi connectivity index (χ1v) is 6.82. The maximum Gasteiger partial charge on any atom is 0.417 e. The maximum absolute atomic E-state index is 12.5. The minimum absolute atomic E-state index is 0.0151. The third kappa shape index (κ3) is 3.76. The number of hydrogen-bond acceptors (Lipinski definition) is 3. The number of pyridine rings is 1. The van der Waals surface area contributed by atoms with Crippen LogP contribution in [0.2, 0.25) is 5.02 Å². The maximum atomic E-state index is 12.5. The molecule has 1 unspecified atom stereocenters. The van der Waals surface area contributed by atoms with E-state index in [-0.39, 0.29) is 11.1 Å². The summed E-state index contributed by atoms with van der Waals surface area (Å²) < 4.78 is 42.8. The Bertz CT molecular complexity index is 461. The molecule has 0 bridgehead atoms. The van der Waals surface area contributed by atoms with Crippen LogP contribution in [0.4, 0.5) is 19.0 Å². The molecule has 112 valence electrons. The molecule has 0 spiro atoms. The zero-order valence-electron chi connectivity index (χ0n) is 11.0. The molecule has 2 rings (SSSR count). The number of aromatic nitrogens is 1. The number of ether oxygens (including phenoxy) is 1. The second-order valence-electron chi connectivity index (χ2n) is 4.93. The predicted molar refractivity (Wildman–Crippen MR) is 70.9 cm³/mol. The van der Waals surface area contributed by atoms with Gasteiger partial charge >= 0.3 is 6.18 Å². The molecule has 1 aliphatic heterocycles. The number of nitrogens with one attached hydrogen (secondary N) is 1. The van der Waals surface area contributed by atoms with Gasteiger partial charge in [0.05, 0.1) is 10.6 Å². The molecule has 1 aromatic heterocycles. The van der Waals surface area contributed by atoms with E-state index < -0.39 is 11.7 Å². The van der Waals surface area contributed by atoms with Gasteiger partial charge in [0.15, 0.2) is 0 Å². The highest BCUT2D eigenvalue weighted by Crippen LogP contribution is 2.33. The van der Waals surface area contributed by atoms with Gasteiger partial charge in [-0.2, -0.15) is 13.2 Å².